The number of aliphatic imine (C=N–C) groups is 1. The molecule has 0 aliphatic carbocycles. The van der Waals surface area contributed by atoms with Crippen molar-refractivity contribution in [3.63, 3.8) is 0 Å². The van der Waals surface area contributed by atoms with E-state index in [9.17, 15) is 0 Å². The Balaban J connectivity index is 1.47. The Kier molecular flexibility index (Phi) is 7.73. The minimum atomic E-state index is 0.452. The van der Waals surface area contributed by atoms with Crippen LogP contribution in [0.4, 0.5) is 0 Å². The summed E-state index contributed by atoms with van der Waals surface area (Å²) in [5.74, 6) is 1.83. The molecule has 2 aromatic rings. The van der Waals surface area contributed by atoms with Crippen molar-refractivity contribution in [1.82, 2.24) is 15.5 Å². The SMILES string of the molecule is C=CCNC(=NCCc1ccco1)NC1CCN(Cc2ccccc2C)CC1. The number of likely N-dealkylation sites (tertiary alicyclic amines) is 1. The molecule has 1 saturated heterocycles. The van der Waals surface area contributed by atoms with Crippen LogP contribution in [0.25, 0.3) is 0 Å². The molecule has 0 saturated carbocycles. The molecule has 5 heteroatoms. The van der Waals surface area contributed by atoms with Crippen LogP contribution in [-0.2, 0) is 13.0 Å². The van der Waals surface area contributed by atoms with Gasteiger partial charge in [0.15, 0.2) is 5.96 Å². The van der Waals surface area contributed by atoms with E-state index in [1.165, 1.54) is 11.1 Å². The third-order valence-electron chi connectivity index (χ3n) is 5.21. The quantitative estimate of drug-likeness (QED) is 0.418. The van der Waals surface area contributed by atoms with Crippen LogP contribution in [0.3, 0.4) is 0 Å². The van der Waals surface area contributed by atoms with Gasteiger partial charge in [0, 0.05) is 45.2 Å². The molecule has 1 aliphatic rings. The summed E-state index contributed by atoms with van der Waals surface area (Å²) < 4.78 is 5.38. The zero-order chi connectivity index (χ0) is 19.6. The van der Waals surface area contributed by atoms with Crippen molar-refractivity contribution in [1.29, 1.82) is 0 Å². The molecule has 0 bridgehead atoms. The van der Waals surface area contributed by atoms with Crippen molar-refractivity contribution in [2.75, 3.05) is 26.2 Å². The van der Waals surface area contributed by atoms with Gasteiger partial charge in [0.1, 0.15) is 5.76 Å². The Hall–Kier alpha value is -2.53. The number of nitrogens with zero attached hydrogens (tertiary/aromatic N) is 2. The number of rotatable bonds is 8. The molecule has 0 radical (unpaired) electrons. The standard InChI is InChI=1S/C23H32N4O/c1-3-13-24-23(25-14-10-22-9-6-17-28-22)26-21-11-15-27(16-12-21)18-20-8-5-4-7-19(20)2/h3-9,17,21H,1,10-16,18H2,2H3,(H2,24,25,26). The Morgan fingerprint density at radius 3 is 2.79 bits per heavy atom. The number of nitrogens with one attached hydrogen (secondary N) is 2. The summed E-state index contributed by atoms with van der Waals surface area (Å²) in [6.07, 6.45) is 6.62. The highest BCUT2D eigenvalue weighted by molar-refractivity contribution is 5.80. The molecule has 1 aromatic carbocycles. The van der Waals surface area contributed by atoms with Crippen LogP contribution in [0.1, 0.15) is 29.7 Å². The number of guanidine groups is 1. The summed E-state index contributed by atoms with van der Waals surface area (Å²) in [5.41, 5.74) is 2.81. The summed E-state index contributed by atoms with van der Waals surface area (Å²) in [7, 11) is 0. The third-order valence-corrected chi connectivity index (χ3v) is 5.21. The molecule has 2 N–H and O–H groups in total. The summed E-state index contributed by atoms with van der Waals surface area (Å²) in [6.45, 7) is 10.6. The molecule has 0 amide bonds. The average molecular weight is 381 g/mol. The summed E-state index contributed by atoms with van der Waals surface area (Å²) in [4.78, 5) is 7.25. The van der Waals surface area contributed by atoms with E-state index in [2.05, 4.69) is 53.3 Å². The second kappa shape index (κ2) is 10.7. The molecular formula is C23H32N4O. The van der Waals surface area contributed by atoms with Crippen LogP contribution in [-0.4, -0.2) is 43.1 Å². The van der Waals surface area contributed by atoms with Gasteiger partial charge in [-0.3, -0.25) is 9.89 Å². The topological polar surface area (TPSA) is 52.8 Å². The molecule has 5 nitrogen and oxygen atoms in total. The Labute approximate surface area is 168 Å². The Morgan fingerprint density at radius 1 is 1.25 bits per heavy atom. The van der Waals surface area contributed by atoms with Crippen LogP contribution in [0.15, 0.2) is 64.7 Å². The predicted molar refractivity (Wildman–Crippen MR) is 116 cm³/mol. The molecule has 0 unspecified atom stereocenters. The zero-order valence-electron chi connectivity index (χ0n) is 16.9. The summed E-state index contributed by atoms with van der Waals surface area (Å²) >= 11 is 0. The fraction of sp³-hybridized carbons (Fsp3) is 0.435. The van der Waals surface area contributed by atoms with Crippen LogP contribution >= 0.6 is 0 Å². The number of hydrogen-bond acceptors (Lipinski definition) is 3. The van der Waals surface area contributed by atoms with E-state index in [4.69, 9.17) is 9.41 Å². The van der Waals surface area contributed by atoms with Crippen LogP contribution < -0.4 is 10.6 Å². The highest BCUT2D eigenvalue weighted by atomic mass is 16.3. The monoisotopic (exact) mass is 380 g/mol. The van der Waals surface area contributed by atoms with E-state index in [1.54, 1.807) is 6.26 Å². The van der Waals surface area contributed by atoms with Gasteiger partial charge >= 0.3 is 0 Å². The van der Waals surface area contributed by atoms with Crippen molar-refractivity contribution in [3.05, 3.63) is 72.2 Å². The zero-order valence-corrected chi connectivity index (χ0v) is 16.9. The van der Waals surface area contributed by atoms with Crippen molar-refractivity contribution in [3.8, 4) is 0 Å². The van der Waals surface area contributed by atoms with Crippen molar-refractivity contribution in [2.24, 2.45) is 4.99 Å². The molecule has 2 heterocycles. The lowest BCUT2D eigenvalue weighted by atomic mass is 10.0. The molecule has 150 valence electrons. The fourth-order valence-corrected chi connectivity index (χ4v) is 3.51. The van der Waals surface area contributed by atoms with E-state index >= 15 is 0 Å². The number of piperidine rings is 1. The maximum atomic E-state index is 5.38. The van der Waals surface area contributed by atoms with E-state index in [-0.39, 0.29) is 0 Å². The first kappa shape index (κ1) is 20.2. The van der Waals surface area contributed by atoms with Gasteiger partial charge in [-0.1, -0.05) is 30.3 Å². The van der Waals surface area contributed by atoms with E-state index in [0.29, 0.717) is 19.1 Å². The van der Waals surface area contributed by atoms with Gasteiger partial charge in [-0.05, 0) is 43.0 Å². The number of hydrogen-bond donors (Lipinski definition) is 2. The van der Waals surface area contributed by atoms with Crippen LogP contribution in [0, 0.1) is 6.92 Å². The number of furan rings is 1. The van der Waals surface area contributed by atoms with Crippen molar-refractivity contribution in [2.45, 2.75) is 38.8 Å². The van der Waals surface area contributed by atoms with Gasteiger partial charge in [0.05, 0.1) is 6.26 Å². The molecule has 28 heavy (non-hydrogen) atoms. The van der Waals surface area contributed by atoms with Crippen molar-refractivity contribution >= 4 is 5.96 Å². The van der Waals surface area contributed by atoms with Gasteiger partial charge in [0.2, 0.25) is 0 Å². The Bertz CT molecular complexity index is 746. The third kappa shape index (κ3) is 6.27. The van der Waals surface area contributed by atoms with E-state index < -0.39 is 0 Å². The smallest absolute Gasteiger partial charge is 0.191 e. The lowest BCUT2D eigenvalue weighted by molar-refractivity contribution is 0.198. The molecule has 3 rings (SSSR count). The van der Waals surface area contributed by atoms with Gasteiger partial charge < -0.3 is 15.1 Å². The second-order valence-electron chi connectivity index (χ2n) is 7.35. The predicted octanol–water partition coefficient (Wildman–Crippen LogP) is 3.52. The first-order valence-electron chi connectivity index (χ1n) is 10.2. The minimum absolute atomic E-state index is 0.452. The number of benzene rings is 1. The van der Waals surface area contributed by atoms with Crippen LogP contribution in [0.5, 0.6) is 0 Å². The highest BCUT2D eigenvalue weighted by Gasteiger charge is 2.20. The van der Waals surface area contributed by atoms with Crippen LogP contribution in [0.2, 0.25) is 0 Å². The van der Waals surface area contributed by atoms with Gasteiger partial charge in [-0.2, -0.15) is 0 Å². The maximum absolute atomic E-state index is 5.38. The lowest BCUT2D eigenvalue weighted by Crippen LogP contribution is -2.48. The maximum Gasteiger partial charge on any atom is 0.191 e. The summed E-state index contributed by atoms with van der Waals surface area (Å²) in [6, 6.07) is 13.0. The average Bonchev–Trinajstić information content (AvgIpc) is 3.22. The van der Waals surface area contributed by atoms with E-state index in [0.717, 1.165) is 50.6 Å². The molecule has 1 fully saturated rings. The molecule has 1 aliphatic heterocycles. The molecule has 1 aromatic heterocycles. The molecule has 0 atom stereocenters. The second-order valence-corrected chi connectivity index (χ2v) is 7.35. The van der Waals surface area contributed by atoms with Gasteiger partial charge in [-0.25, -0.2) is 0 Å². The fourth-order valence-electron chi connectivity index (χ4n) is 3.51. The van der Waals surface area contributed by atoms with Gasteiger partial charge in [0.25, 0.3) is 0 Å². The Morgan fingerprint density at radius 2 is 2.07 bits per heavy atom. The summed E-state index contributed by atoms with van der Waals surface area (Å²) in [5, 5.41) is 6.93. The van der Waals surface area contributed by atoms with E-state index in [1.807, 2.05) is 18.2 Å². The minimum Gasteiger partial charge on any atom is -0.469 e. The normalized spacial score (nSPS) is 16.1. The first-order valence-corrected chi connectivity index (χ1v) is 10.2. The number of aryl methyl sites for hydroxylation is 1. The molecular weight excluding hydrogens is 348 g/mol. The molecule has 0 spiro atoms. The van der Waals surface area contributed by atoms with Gasteiger partial charge in [-0.15, -0.1) is 6.58 Å². The largest absolute Gasteiger partial charge is 0.469 e. The van der Waals surface area contributed by atoms with Crippen molar-refractivity contribution < 1.29 is 4.42 Å². The highest BCUT2D eigenvalue weighted by Crippen LogP contribution is 2.16. The lowest BCUT2D eigenvalue weighted by Gasteiger charge is -2.33. The first-order chi connectivity index (χ1) is 13.7.